The van der Waals surface area contributed by atoms with E-state index in [1.807, 2.05) is 6.92 Å². The van der Waals surface area contributed by atoms with Gasteiger partial charge >= 0.3 is 0 Å². The number of amides is 1. The maximum atomic E-state index is 12.4. The molecule has 3 fully saturated rings. The molecule has 8 unspecified atom stereocenters. The Hall–Kier alpha value is -1.12. The number of fused-ring (bicyclic) bond motifs is 5. The lowest BCUT2D eigenvalue weighted by atomic mass is 9.45. The number of nitrogens with one attached hydrogen (secondary N) is 1. The molecule has 3 saturated carbocycles. The largest absolute Gasteiger partial charge is 0.349 e. The van der Waals surface area contributed by atoms with Crippen molar-refractivity contribution in [3.05, 3.63) is 12.2 Å². The molecule has 0 saturated heterocycles. The second kappa shape index (κ2) is 5.44. The smallest absolute Gasteiger partial charge is 0.243 e. The zero-order valence-electron chi connectivity index (χ0n) is 16.3. The van der Waals surface area contributed by atoms with E-state index in [4.69, 9.17) is 0 Å². The number of hydrogen-bond donors (Lipinski definition) is 1. The van der Waals surface area contributed by atoms with Crippen LogP contribution < -0.4 is 5.32 Å². The van der Waals surface area contributed by atoms with Crippen LogP contribution in [0.4, 0.5) is 0 Å². The van der Waals surface area contributed by atoms with E-state index in [0.29, 0.717) is 35.4 Å². The lowest BCUT2D eigenvalue weighted by molar-refractivity contribution is -0.134. The zero-order valence-corrected chi connectivity index (χ0v) is 16.3. The van der Waals surface area contributed by atoms with Crippen molar-refractivity contribution in [2.24, 2.45) is 46.3 Å². The van der Waals surface area contributed by atoms with Crippen molar-refractivity contribution >= 4 is 11.7 Å². The summed E-state index contributed by atoms with van der Waals surface area (Å²) in [5, 5.41) is 3.25. The van der Waals surface area contributed by atoms with Gasteiger partial charge in [-0.2, -0.15) is 0 Å². The molecule has 0 bridgehead atoms. The van der Waals surface area contributed by atoms with Crippen molar-refractivity contribution in [2.45, 2.75) is 66.3 Å². The van der Waals surface area contributed by atoms with Crippen molar-refractivity contribution in [3.63, 3.8) is 0 Å². The number of rotatable bonds is 1. The van der Waals surface area contributed by atoms with Crippen LogP contribution in [0.1, 0.15) is 60.3 Å². The summed E-state index contributed by atoms with van der Waals surface area (Å²) in [5.74, 6) is 3.75. The molecule has 0 radical (unpaired) electrons. The molecule has 0 aromatic heterocycles. The lowest BCUT2D eigenvalue weighted by Crippen LogP contribution is -2.61. The minimum Gasteiger partial charge on any atom is -0.349 e. The molecule has 4 aliphatic rings. The normalized spacial score (nSPS) is 54.3. The Kier molecular flexibility index (Phi) is 3.76. The minimum absolute atomic E-state index is 0.0694. The van der Waals surface area contributed by atoms with E-state index in [2.05, 4.69) is 39.1 Å². The van der Waals surface area contributed by atoms with Gasteiger partial charge in [-0.3, -0.25) is 9.59 Å². The van der Waals surface area contributed by atoms with Gasteiger partial charge in [-0.1, -0.05) is 33.8 Å². The standard InChI is InChI=1S/C22H33NO2/c1-12-11-17-21(4,9-7-18(25)23-17)15-6-8-22(5)16(19(12)15)10-13(2)20(22)14(3)24/h7,9,12-13,15-17,19-20H,6,8,10-11H2,1-5H3,(H,23,25)/t12?,13?,15?,16?,17-,19?,20?,21?,22?/m0/s1. The van der Waals surface area contributed by atoms with Gasteiger partial charge in [0.1, 0.15) is 5.78 Å². The van der Waals surface area contributed by atoms with Crippen molar-refractivity contribution in [2.75, 3.05) is 0 Å². The van der Waals surface area contributed by atoms with Gasteiger partial charge in [0.05, 0.1) is 0 Å². The summed E-state index contributed by atoms with van der Waals surface area (Å²) in [6.45, 7) is 11.3. The monoisotopic (exact) mass is 343 g/mol. The number of hydrogen-bond acceptors (Lipinski definition) is 2. The van der Waals surface area contributed by atoms with Crippen molar-refractivity contribution in [3.8, 4) is 0 Å². The Labute approximate surface area is 152 Å². The molecule has 3 heteroatoms. The van der Waals surface area contributed by atoms with Crippen LogP contribution >= 0.6 is 0 Å². The number of ketones is 1. The molecule has 1 heterocycles. The summed E-state index contributed by atoms with van der Waals surface area (Å²) < 4.78 is 0. The van der Waals surface area contributed by atoms with E-state index in [0.717, 1.165) is 12.8 Å². The van der Waals surface area contributed by atoms with Gasteiger partial charge < -0.3 is 5.32 Å². The van der Waals surface area contributed by atoms with Crippen LogP contribution in [0.25, 0.3) is 0 Å². The zero-order chi connectivity index (χ0) is 18.1. The second-order valence-corrected chi connectivity index (χ2v) is 10.1. The molecule has 9 atom stereocenters. The predicted octanol–water partition coefficient (Wildman–Crippen LogP) is 3.98. The Morgan fingerprint density at radius 1 is 1.16 bits per heavy atom. The van der Waals surface area contributed by atoms with Crippen LogP contribution in [0.2, 0.25) is 0 Å². The van der Waals surface area contributed by atoms with Crippen molar-refractivity contribution in [1.82, 2.24) is 5.32 Å². The highest BCUT2D eigenvalue weighted by atomic mass is 16.1. The first-order chi connectivity index (χ1) is 11.7. The molecule has 4 rings (SSSR count). The molecule has 0 aromatic carbocycles. The fraction of sp³-hybridized carbons (Fsp3) is 0.818. The Morgan fingerprint density at radius 3 is 2.56 bits per heavy atom. The van der Waals surface area contributed by atoms with Gasteiger partial charge in [0.15, 0.2) is 0 Å². The van der Waals surface area contributed by atoms with E-state index in [9.17, 15) is 9.59 Å². The molecule has 1 amide bonds. The maximum absolute atomic E-state index is 12.4. The predicted molar refractivity (Wildman–Crippen MR) is 98.7 cm³/mol. The molecule has 3 aliphatic carbocycles. The summed E-state index contributed by atoms with van der Waals surface area (Å²) >= 11 is 0. The van der Waals surface area contributed by atoms with Crippen molar-refractivity contribution in [1.29, 1.82) is 0 Å². The van der Waals surface area contributed by atoms with Crippen LogP contribution in [0, 0.1) is 46.3 Å². The Balaban J connectivity index is 1.73. The average molecular weight is 344 g/mol. The first-order valence-electron chi connectivity index (χ1n) is 10.2. The molecule has 3 nitrogen and oxygen atoms in total. The van der Waals surface area contributed by atoms with Crippen LogP contribution in [0.15, 0.2) is 12.2 Å². The van der Waals surface area contributed by atoms with Gasteiger partial charge in [-0.25, -0.2) is 0 Å². The summed E-state index contributed by atoms with van der Waals surface area (Å²) in [6.07, 6.45) is 8.58. The molecule has 0 aromatic rings. The maximum Gasteiger partial charge on any atom is 0.243 e. The molecule has 25 heavy (non-hydrogen) atoms. The van der Waals surface area contributed by atoms with Crippen molar-refractivity contribution < 1.29 is 9.59 Å². The first-order valence-corrected chi connectivity index (χ1v) is 10.2. The third kappa shape index (κ3) is 2.23. The highest BCUT2D eigenvalue weighted by molar-refractivity contribution is 5.89. The number of Topliss-reactive ketones (excluding diaryl/α,β-unsaturated/α-hetero) is 1. The fourth-order valence-electron chi connectivity index (χ4n) is 7.92. The third-order valence-electron chi connectivity index (χ3n) is 8.84. The Bertz CT molecular complexity index is 640. The lowest BCUT2D eigenvalue weighted by Gasteiger charge is -2.60. The summed E-state index contributed by atoms with van der Waals surface area (Å²) in [5.41, 5.74) is 0.246. The van der Waals surface area contributed by atoms with Gasteiger partial charge in [0.2, 0.25) is 5.91 Å². The first kappa shape index (κ1) is 17.3. The van der Waals surface area contributed by atoms with E-state index >= 15 is 0 Å². The van der Waals surface area contributed by atoms with Crippen LogP contribution in [0.3, 0.4) is 0 Å². The quantitative estimate of drug-likeness (QED) is 0.783. The molecule has 138 valence electrons. The molecule has 1 N–H and O–H groups in total. The summed E-state index contributed by atoms with van der Waals surface area (Å²) in [4.78, 5) is 24.3. The van der Waals surface area contributed by atoms with E-state index in [-0.39, 0.29) is 28.7 Å². The highest BCUT2D eigenvalue weighted by Crippen LogP contribution is 2.67. The Morgan fingerprint density at radius 2 is 1.88 bits per heavy atom. The second-order valence-electron chi connectivity index (χ2n) is 10.1. The highest BCUT2D eigenvalue weighted by Gasteiger charge is 2.63. The van der Waals surface area contributed by atoms with Gasteiger partial charge in [-0.15, -0.1) is 0 Å². The number of carbonyl (C=O) groups is 2. The van der Waals surface area contributed by atoms with E-state index in [1.165, 1.54) is 12.8 Å². The molecular weight excluding hydrogens is 310 g/mol. The van der Waals surface area contributed by atoms with Crippen LogP contribution in [-0.4, -0.2) is 17.7 Å². The van der Waals surface area contributed by atoms with Gasteiger partial charge in [-0.05, 0) is 73.7 Å². The SMILES string of the molecule is CC(=O)C1C(C)CC2C3C(C)C[C@@H]4NC(=O)C=CC4(C)C3CCC21C. The van der Waals surface area contributed by atoms with Gasteiger partial charge in [0, 0.05) is 17.4 Å². The van der Waals surface area contributed by atoms with E-state index in [1.54, 1.807) is 6.08 Å². The average Bonchev–Trinajstić information content (AvgIpc) is 2.79. The van der Waals surface area contributed by atoms with Crippen LogP contribution in [0.5, 0.6) is 0 Å². The van der Waals surface area contributed by atoms with Gasteiger partial charge in [0.25, 0.3) is 0 Å². The van der Waals surface area contributed by atoms with Crippen LogP contribution in [-0.2, 0) is 9.59 Å². The minimum atomic E-state index is 0.0694. The molecule has 0 spiro atoms. The third-order valence-corrected chi connectivity index (χ3v) is 8.84. The summed E-state index contributed by atoms with van der Waals surface area (Å²) in [7, 11) is 0. The van der Waals surface area contributed by atoms with E-state index < -0.39 is 0 Å². The fourth-order valence-corrected chi connectivity index (χ4v) is 7.92. The molecule has 1 aliphatic heterocycles. The molecular formula is C22H33NO2. The number of carbonyl (C=O) groups excluding carboxylic acids is 2. The summed E-state index contributed by atoms with van der Waals surface area (Å²) in [6, 6.07) is 0.271. The topological polar surface area (TPSA) is 46.2 Å².